The number of H-pyrrole nitrogens is 1. The number of benzene rings is 1. The van der Waals surface area contributed by atoms with Crippen LogP contribution in [-0.4, -0.2) is 19.7 Å². The summed E-state index contributed by atoms with van der Waals surface area (Å²) in [5.41, 5.74) is 0.0984. The fourth-order valence-electron chi connectivity index (χ4n) is 2.12. The van der Waals surface area contributed by atoms with Crippen LogP contribution < -0.4 is 11.2 Å². The number of aromatic nitrogens is 4. The first-order valence-electron chi connectivity index (χ1n) is 6.90. The van der Waals surface area contributed by atoms with Crippen molar-refractivity contribution >= 4 is 15.9 Å². The van der Waals surface area contributed by atoms with Crippen molar-refractivity contribution in [2.24, 2.45) is 0 Å². The van der Waals surface area contributed by atoms with Crippen LogP contribution in [0, 0.1) is 0 Å². The molecule has 0 saturated carbocycles. The summed E-state index contributed by atoms with van der Waals surface area (Å²) in [5.74, 6) is 0.811. The van der Waals surface area contributed by atoms with Crippen molar-refractivity contribution in [1.29, 1.82) is 0 Å². The quantitative estimate of drug-likeness (QED) is 0.749. The molecule has 0 fully saturated rings. The van der Waals surface area contributed by atoms with Gasteiger partial charge in [-0.25, -0.2) is 4.79 Å². The molecule has 0 saturated heterocycles. The molecule has 118 valence electrons. The molecule has 23 heavy (non-hydrogen) atoms. The van der Waals surface area contributed by atoms with Crippen molar-refractivity contribution in [3.63, 3.8) is 0 Å². The van der Waals surface area contributed by atoms with E-state index < -0.39 is 11.2 Å². The summed E-state index contributed by atoms with van der Waals surface area (Å²) in [5, 5.41) is 3.97. The summed E-state index contributed by atoms with van der Waals surface area (Å²) in [6, 6.07) is 9.14. The number of hydrogen-bond donors (Lipinski definition) is 1. The van der Waals surface area contributed by atoms with Crippen molar-refractivity contribution in [1.82, 2.24) is 19.7 Å². The van der Waals surface area contributed by atoms with Gasteiger partial charge in [0.25, 0.3) is 5.56 Å². The van der Waals surface area contributed by atoms with E-state index in [0.29, 0.717) is 11.7 Å². The van der Waals surface area contributed by atoms with Crippen LogP contribution >= 0.6 is 15.9 Å². The van der Waals surface area contributed by atoms with Crippen LogP contribution in [0.4, 0.5) is 0 Å². The second-order valence-corrected chi connectivity index (χ2v) is 5.97. The number of aromatic amines is 1. The molecule has 1 aromatic carbocycles. The summed E-state index contributed by atoms with van der Waals surface area (Å²) in [6.45, 7) is 2.08. The Hall–Kier alpha value is -2.48. The first-order chi connectivity index (χ1) is 11.0. The summed E-state index contributed by atoms with van der Waals surface area (Å²) >= 11 is 3.40. The molecule has 0 aliphatic rings. The minimum atomic E-state index is -0.516. The van der Waals surface area contributed by atoms with Gasteiger partial charge in [0, 0.05) is 22.7 Å². The molecule has 3 rings (SSSR count). The summed E-state index contributed by atoms with van der Waals surface area (Å²) in [6.07, 6.45) is 1.39. The maximum atomic E-state index is 11.7. The highest BCUT2D eigenvalue weighted by Gasteiger charge is 2.16. The van der Waals surface area contributed by atoms with Gasteiger partial charge < -0.3 is 4.52 Å². The number of hydrogen-bond acceptors (Lipinski definition) is 5. The average molecular weight is 377 g/mol. The van der Waals surface area contributed by atoms with Crippen molar-refractivity contribution in [3.05, 3.63) is 79.1 Å². The van der Waals surface area contributed by atoms with E-state index in [1.54, 1.807) is 0 Å². The van der Waals surface area contributed by atoms with Crippen molar-refractivity contribution in [2.75, 3.05) is 0 Å². The Labute approximate surface area is 139 Å². The van der Waals surface area contributed by atoms with Crippen LogP contribution in [0.2, 0.25) is 0 Å². The maximum absolute atomic E-state index is 11.7. The minimum Gasteiger partial charge on any atom is -0.337 e. The van der Waals surface area contributed by atoms with Crippen LogP contribution in [0.25, 0.3) is 0 Å². The molecule has 0 bridgehead atoms. The van der Waals surface area contributed by atoms with Crippen LogP contribution in [0.15, 0.2) is 55.1 Å². The zero-order chi connectivity index (χ0) is 16.4. The SMILES string of the molecule is CC(c1ccc(Br)cc1)c1noc(Cn2ccc(=O)[nH]c2=O)n1. The molecule has 1 unspecified atom stereocenters. The Morgan fingerprint density at radius 1 is 1.26 bits per heavy atom. The van der Waals surface area contributed by atoms with Crippen molar-refractivity contribution < 1.29 is 4.52 Å². The molecule has 2 aromatic heterocycles. The maximum Gasteiger partial charge on any atom is 0.328 e. The highest BCUT2D eigenvalue weighted by molar-refractivity contribution is 9.10. The van der Waals surface area contributed by atoms with Gasteiger partial charge in [0.1, 0.15) is 6.54 Å². The zero-order valence-corrected chi connectivity index (χ0v) is 13.8. The standard InChI is InChI=1S/C15H13BrN4O3/c1-9(10-2-4-11(16)5-3-10)14-18-13(23-19-14)8-20-7-6-12(21)17-15(20)22/h2-7,9H,8H2,1H3,(H,17,21,22). The largest absolute Gasteiger partial charge is 0.337 e. The highest BCUT2D eigenvalue weighted by atomic mass is 79.9. The van der Waals surface area contributed by atoms with E-state index in [4.69, 9.17) is 4.52 Å². The van der Waals surface area contributed by atoms with E-state index in [0.717, 1.165) is 10.0 Å². The monoisotopic (exact) mass is 376 g/mol. The topological polar surface area (TPSA) is 93.8 Å². The molecule has 0 spiro atoms. The fraction of sp³-hybridized carbons (Fsp3) is 0.200. The highest BCUT2D eigenvalue weighted by Crippen LogP contribution is 2.23. The van der Waals surface area contributed by atoms with Gasteiger partial charge >= 0.3 is 5.69 Å². The van der Waals surface area contributed by atoms with Crippen LogP contribution in [0.1, 0.15) is 30.1 Å². The Bertz CT molecular complexity index is 927. The van der Waals surface area contributed by atoms with Gasteiger partial charge in [-0.1, -0.05) is 40.1 Å². The molecule has 2 heterocycles. The number of rotatable bonds is 4. The van der Waals surface area contributed by atoms with E-state index in [1.807, 2.05) is 31.2 Å². The third-order valence-corrected chi connectivity index (χ3v) is 3.97. The molecule has 0 radical (unpaired) electrons. The van der Waals surface area contributed by atoms with Gasteiger partial charge in [-0.2, -0.15) is 4.98 Å². The first-order valence-corrected chi connectivity index (χ1v) is 7.70. The third kappa shape index (κ3) is 3.48. The molecular weight excluding hydrogens is 364 g/mol. The Morgan fingerprint density at radius 2 is 2.00 bits per heavy atom. The lowest BCUT2D eigenvalue weighted by atomic mass is 10.0. The predicted octanol–water partition coefficient (Wildman–Crippen LogP) is 1.88. The molecule has 0 aliphatic carbocycles. The lowest BCUT2D eigenvalue weighted by Crippen LogP contribution is -2.28. The van der Waals surface area contributed by atoms with Crippen LogP contribution in [0.3, 0.4) is 0 Å². The number of nitrogens with one attached hydrogen (secondary N) is 1. The number of nitrogens with zero attached hydrogens (tertiary/aromatic N) is 3. The van der Waals surface area contributed by atoms with E-state index in [1.165, 1.54) is 16.8 Å². The molecule has 0 aliphatic heterocycles. The first kappa shape index (κ1) is 15.4. The van der Waals surface area contributed by atoms with E-state index in [2.05, 4.69) is 31.1 Å². The fourth-order valence-corrected chi connectivity index (χ4v) is 2.39. The Kier molecular flexibility index (Phi) is 4.24. The Balaban J connectivity index is 1.81. The predicted molar refractivity (Wildman–Crippen MR) is 86.4 cm³/mol. The lowest BCUT2D eigenvalue weighted by Gasteiger charge is -2.06. The van der Waals surface area contributed by atoms with Gasteiger partial charge in [0.15, 0.2) is 5.82 Å². The third-order valence-electron chi connectivity index (χ3n) is 3.44. The summed E-state index contributed by atoms with van der Waals surface area (Å²) in [7, 11) is 0. The van der Waals surface area contributed by atoms with E-state index in [-0.39, 0.29) is 12.5 Å². The van der Waals surface area contributed by atoms with Crippen LogP contribution in [0.5, 0.6) is 0 Å². The van der Waals surface area contributed by atoms with Gasteiger partial charge in [0.2, 0.25) is 5.89 Å². The molecule has 3 aromatic rings. The lowest BCUT2D eigenvalue weighted by molar-refractivity contribution is 0.363. The molecule has 7 nitrogen and oxygen atoms in total. The van der Waals surface area contributed by atoms with Crippen LogP contribution in [-0.2, 0) is 6.54 Å². The van der Waals surface area contributed by atoms with Gasteiger partial charge in [0.05, 0.1) is 0 Å². The van der Waals surface area contributed by atoms with Gasteiger partial charge in [-0.3, -0.25) is 14.3 Å². The molecule has 1 N–H and O–H groups in total. The molecule has 1 atom stereocenters. The van der Waals surface area contributed by atoms with E-state index in [9.17, 15) is 9.59 Å². The normalized spacial score (nSPS) is 12.3. The second kappa shape index (κ2) is 6.33. The van der Waals surface area contributed by atoms with Gasteiger partial charge in [-0.05, 0) is 17.7 Å². The van der Waals surface area contributed by atoms with Crippen molar-refractivity contribution in [3.8, 4) is 0 Å². The van der Waals surface area contributed by atoms with Gasteiger partial charge in [-0.15, -0.1) is 0 Å². The molecule has 8 heteroatoms. The molecule has 0 amide bonds. The summed E-state index contributed by atoms with van der Waals surface area (Å²) < 4.78 is 7.49. The molecular formula is C15H13BrN4O3. The van der Waals surface area contributed by atoms with E-state index >= 15 is 0 Å². The van der Waals surface area contributed by atoms with Crippen molar-refractivity contribution in [2.45, 2.75) is 19.4 Å². The number of halogens is 1. The average Bonchev–Trinajstić information content (AvgIpc) is 2.99. The second-order valence-electron chi connectivity index (χ2n) is 5.06. The Morgan fingerprint density at radius 3 is 2.70 bits per heavy atom. The smallest absolute Gasteiger partial charge is 0.328 e. The summed E-state index contributed by atoms with van der Waals surface area (Å²) in [4.78, 5) is 29.2. The zero-order valence-electron chi connectivity index (χ0n) is 12.2. The minimum absolute atomic E-state index is 0.0343.